The van der Waals surface area contributed by atoms with Crippen LogP contribution in [0, 0.1) is 0 Å². The van der Waals surface area contributed by atoms with Crippen molar-refractivity contribution in [2.75, 3.05) is 13.1 Å². The molecular weight excluding hydrogens is 216 g/mol. The molecule has 0 saturated carbocycles. The van der Waals surface area contributed by atoms with Crippen LogP contribution in [0.15, 0.2) is 4.79 Å². The summed E-state index contributed by atoms with van der Waals surface area (Å²) in [5.41, 5.74) is 7.26. The van der Waals surface area contributed by atoms with Gasteiger partial charge in [0, 0.05) is 32.0 Å². The topological polar surface area (TPSA) is 75.0 Å². The fraction of sp³-hybridized carbons (Fsp3) is 0.667. The molecule has 0 aliphatic carbocycles. The number of rotatable bonds is 3. The smallest absolute Gasteiger partial charge is 0.255 e. The van der Waals surface area contributed by atoms with E-state index in [0.717, 1.165) is 24.2 Å². The van der Waals surface area contributed by atoms with E-state index in [9.17, 15) is 4.79 Å². The van der Waals surface area contributed by atoms with Crippen molar-refractivity contribution >= 4 is 0 Å². The standard InChI is InChI=1S/C12H20N4O/c1-8(2)16-6-4-10-9(7-16)12(17)15-11(14-10)3-5-13/h8H,3-7,13H2,1-2H3,(H,14,15,17). The third-order valence-electron chi connectivity index (χ3n) is 3.26. The first kappa shape index (κ1) is 12.3. The molecule has 1 aromatic heterocycles. The fourth-order valence-electron chi connectivity index (χ4n) is 2.19. The molecule has 5 nitrogen and oxygen atoms in total. The number of hydrogen-bond donors (Lipinski definition) is 2. The molecule has 0 aromatic carbocycles. The van der Waals surface area contributed by atoms with Gasteiger partial charge in [0.1, 0.15) is 5.82 Å². The van der Waals surface area contributed by atoms with E-state index in [1.165, 1.54) is 0 Å². The lowest BCUT2D eigenvalue weighted by Gasteiger charge is -2.30. The van der Waals surface area contributed by atoms with Crippen LogP contribution in [0.1, 0.15) is 30.9 Å². The van der Waals surface area contributed by atoms with Crippen LogP contribution >= 0.6 is 0 Å². The average molecular weight is 236 g/mol. The first-order chi connectivity index (χ1) is 8.11. The predicted octanol–water partition coefficient (Wildman–Crippen LogP) is 0.0376. The van der Waals surface area contributed by atoms with Gasteiger partial charge in [0.25, 0.3) is 5.56 Å². The van der Waals surface area contributed by atoms with Crippen LogP contribution in [-0.2, 0) is 19.4 Å². The van der Waals surface area contributed by atoms with E-state index in [-0.39, 0.29) is 5.56 Å². The fourth-order valence-corrected chi connectivity index (χ4v) is 2.19. The Kier molecular flexibility index (Phi) is 3.59. The summed E-state index contributed by atoms with van der Waals surface area (Å²) < 4.78 is 0. The summed E-state index contributed by atoms with van der Waals surface area (Å²) in [6.45, 7) is 6.49. The quantitative estimate of drug-likeness (QED) is 0.777. The second-order valence-corrected chi connectivity index (χ2v) is 4.79. The number of nitrogens with two attached hydrogens (primary N) is 1. The highest BCUT2D eigenvalue weighted by Crippen LogP contribution is 2.15. The van der Waals surface area contributed by atoms with E-state index in [1.54, 1.807) is 0 Å². The Balaban J connectivity index is 2.30. The van der Waals surface area contributed by atoms with Crippen molar-refractivity contribution in [3.63, 3.8) is 0 Å². The van der Waals surface area contributed by atoms with E-state index in [4.69, 9.17) is 5.73 Å². The number of H-pyrrole nitrogens is 1. The van der Waals surface area contributed by atoms with Crippen LogP contribution in [0.4, 0.5) is 0 Å². The molecule has 5 heteroatoms. The Morgan fingerprint density at radius 1 is 1.53 bits per heavy atom. The van der Waals surface area contributed by atoms with Crippen molar-refractivity contribution < 1.29 is 0 Å². The Labute approximate surface area is 101 Å². The molecule has 0 saturated heterocycles. The highest BCUT2D eigenvalue weighted by molar-refractivity contribution is 5.21. The molecule has 17 heavy (non-hydrogen) atoms. The van der Waals surface area contributed by atoms with Crippen LogP contribution in [0.3, 0.4) is 0 Å². The molecule has 1 aliphatic rings. The molecule has 1 aliphatic heterocycles. The second kappa shape index (κ2) is 4.98. The largest absolute Gasteiger partial charge is 0.330 e. The van der Waals surface area contributed by atoms with Crippen molar-refractivity contribution in [1.82, 2.24) is 14.9 Å². The van der Waals surface area contributed by atoms with Crippen LogP contribution in [-0.4, -0.2) is 34.0 Å². The number of nitrogens with zero attached hydrogens (tertiary/aromatic N) is 2. The summed E-state index contributed by atoms with van der Waals surface area (Å²) in [7, 11) is 0. The van der Waals surface area contributed by atoms with Crippen LogP contribution in [0.5, 0.6) is 0 Å². The van der Waals surface area contributed by atoms with Crippen molar-refractivity contribution in [2.24, 2.45) is 5.73 Å². The maximum atomic E-state index is 12.0. The van der Waals surface area contributed by atoms with E-state index in [2.05, 4.69) is 28.7 Å². The monoisotopic (exact) mass is 236 g/mol. The number of aromatic amines is 1. The average Bonchev–Trinajstić information content (AvgIpc) is 2.29. The van der Waals surface area contributed by atoms with Gasteiger partial charge in [-0.3, -0.25) is 9.69 Å². The van der Waals surface area contributed by atoms with Crippen molar-refractivity contribution in [3.05, 3.63) is 27.4 Å². The van der Waals surface area contributed by atoms with Gasteiger partial charge in [-0.05, 0) is 20.4 Å². The van der Waals surface area contributed by atoms with Gasteiger partial charge in [-0.15, -0.1) is 0 Å². The van der Waals surface area contributed by atoms with E-state index < -0.39 is 0 Å². The minimum absolute atomic E-state index is 0.00352. The van der Waals surface area contributed by atoms with Gasteiger partial charge in [-0.25, -0.2) is 4.98 Å². The third-order valence-corrected chi connectivity index (χ3v) is 3.26. The normalized spacial score (nSPS) is 16.2. The molecule has 2 heterocycles. The molecule has 0 spiro atoms. The maximum Gasteiger partial charge on any atom is 0.255 e. The van der Waals surface area contributed by atoms with E-state index >= 15 is 0 Å². The molecular formula is C12H20N4O. The minimum Gasteiger partial charge on any atom is -0.330 e. The van der Waals surface area contributed by atoms with Gasteiger partial charge in [-0.1, -0.05) is 0 Å². The molecule has 94 valence electrons. The van der Waals surface area contributed by atoms with Crippen LogP contribution in [0.25, 0.3) is 0 Å². The second-order valence-electron chi connectivity index (χ2n) is 4.79. The Hall–Kier alpha value is -1.20. The van der Waals surface area contributed by atoms with Crippen molar-refractivity contribution in [1.29, 1.82) is 0 Å². The first-order valence-electron chi connectivity index (χ1n) is 6.17. The highest BCUT2D eigenvalue weighted by Gasteiger charge is 2.22. The highest BCUT2D eigenvalue weighted by atomic mass is 16.1. The number of aromatic nitrogens is 2. The van der Waals surface area contributed by atoms with Gasteiger partial charge < -0.3 is 10.7 Å². The summed E-state index contributed by atoms with van der Waals surface area (Å²) >= 11 is 0. The van der Waals surface area contributed by atoms with E-state index in [0.29, 0.717) is 31.4 Å². The van der Waals surface area contributed by atoms with Gasteiger partial charge >= 0.3 is 0 Å². The maximum absolute atomic E-state index is 12.0. The minimum atomic E-state index is 0.00352. The van der Waals surface area contributed by atoms with Crippen molar-refractivity contribution in [2.45, 2.75) is 39.3 Å². The van der Waals surface area contributed by atoms with E-state index in [1.807, 2.05) is 0 Å². The number of fused-ring (bicyclic) bond motifs is 1. The van der Waals surface area contributed by atoms with Crippen molar-refractivity contribution in [3.8, 4) is 0 Å². The first-order valence-corrected chi connectivity index (χ1v) is 6.17. The van der Waals surface area contributed by atoms with Gasteiger partial charge in [0.05, 0.1) is 11.3 Å². The lowest BCUT2D eigenvalue weighted by atomic mass is 10.1. The van der Waals surface area contributed by atoms with Crippen LogP contribution in [0.2, 0.25) is 0 Å². The third kappa shape index (κ3) is 2.56. The molecule has 0 bridgehead atoms. The molecule has 0 radical (unpaired) electrons. The summed E-state index contributed by atoms with van der Waals surface area (Å²) in [6.07, 6.45) is 1.49. The Morgan fingerprint density at radius 2 is 2.29 bits per heavy atom. The lowest BCUT2D eigenvalue weighted by Crippen LogP contribution is -2.39. The zero-order valence-corrected chi connectivity index (χ0v) is 10.5. The predicted molar refractivity (Wildman–Crippen MR) is 66.9 cm³/mol. The number of hydrogen-bond acceptors (Lipinski definition) is 4. The summed E-state index contributed by atoms with van der Waals surface area (Å²) in [5, 5.41) is 0. The van der Waals surface area contributed by atoms with Gasteiger partial charge in [0.15, 0.2) is 0 Å². The van der Waals surface area contributed by atoms with Crippen LogP contribution < -0.4 is 11.3 Å². The molecule has 2 rings (SSSR count). The van der Waals surface area contributed by atoms with Gasteiger partial charge in [-0.2, -0.15) is 0 Å². The molecule has 0 amide bonds. The molecule has 0 fully saturated rings. The lowest BCUT2D eigenvalue weighted by molar-refractivity contribution is 0.200. The number of nitrogens with one attached hydrogen (secondary N) is 1. The SMILES string of the molecule is CC(C)N1CCc2nc(CCN)[nH]c(=O)c2C1. The molecule has 3 N–H and O–H groups in total. The summed E-state index contributed by atoms with van der Waals surface area (Å²) in [4.78, 5) is 21.6. The molecule has 0 unspecified atom stereocenters. The Bertz CT molecular complexity index is 452. The summed E-state index contributed by atoms with van der Waals surface area (Å²) in [6, 6.07) is 0.464. The summed E-state index contributed by atoms with van der Waals surface area (Å²) in [5.74, 6) is 0.717. The zero-order chi connectivity index (χ0) is 12.4. The van der Waals surface area contributed by atoms with Gasteiger partial charge in [0.2, 0.25) is 0 Å². The molecule has 1 aromatic rings. The Morgan fingerprint density at radius 3 is 2.94 bits per heavy atom. The zero-order valence-electron chi connectivity index (χ0n) is 10.5. The molecule has 0 atom stereocenters.